The molecule has 0 bridgehead atoms. The molecule has 3 aliphatic rings. The smallest absolute Gasteiger partial charge is 0.329 e. The van der Waals surface area contributed by atoms with Crippen molar-refractivity contribution in [1.82, 2.24) is 9.88 Å². The highest BCUT2D eigenvalue weighted by atomic mass is 16.4. The average Bonchev–Trinajstić information content (AvgIpc) is 3.18. The lowest BCUT2D eigenvalue weighted by molar-refractivity contribution is -0.147. The molecule has 0 unspecified atom stereocenters. The van der Waals surface area contributed by atoms with E-state index < -0.39 is 5.97 Å². The van der Waals surface area contributed by atoms with Gasteiger partial charge in [0.05, 0.1) is 17.8 Å². The predicted octanol–water partition coefficient (Wildman–Crippen LogP) is 4.09. The summed E-state index contributed by atoms with van der Waals surface area (Å²) < 4.78 is 0. The third kappa shape index (κ3) is 4.21. The lowest BCUT2D eigenvalue weighted by atomic mass is 9.85. The number of hydrogen-bond acceptors (Lipinski definition) is 4. The van der Waals surface area contributed by atoms with Crippen molar-refractivity contribution in [2.75, 3.05) is 36.0 Å². The normalized spacial score (nSPS) is 20.6. The minimum atomic E-state index is -0.715. The van der Waals surface area contributed by atoms with E-state index in [2.05, 4.69) is 16.0 Å². The number of aromatic nitrogens is 1. The number of pyridine rings is 1. The molecule has 7 nitrogen and oxygen atoms in total. The molecular formula is C25H30N4O3. The molecule has 0 radical (unpaired) electrons. The van der Waals surface area contributed by atoms with Crippen LogP contribution in [0.15, 0.2) is 42.7 Å². The van der Waals surface area contributed by atoms with Crippen molar-refractivity contribution in [3.05, 3.63) is 53.9 Å². The van der Waals surface area contributed by atoms with Crippen LogP contribution in [0.2, 0.25) is 0 Å². The van der Waals surface area contributed by atoms with Crippen molar-refractivity contribution in [3.8, 4) is 0 Å². The molecule has 1 aromatic carbocycles. The van der Waals surface area contributed by atoms with Crippen LogP contribution in [-0.4, -0.2) is 53.2 Å². The molecule has 3 fully saturated rings. The number of urea groups is 1. The van der Waals surface area contributed by atoms with Crippen LogP contribution in [0.3, 0.4) is 0 Å². The van der Waals surface area contributed by atoms with Crippen molar-refractivity contribution in [2.45, 2.75) is 44.6 Å². The van der Waals surface area contributed by atoms with E-state index in [9.17, 15) is 9.59 Å². The Labute approximate surface area is 188 Å². The predicted molar refractivity (Wildman–Crippen MR) is 123 cm³/mol. The number of nitrogens with zero attached hydrogens (tertiary/aromatic N) is 4. The Morgan fingerprint density at radius 1 is 0.969 bits per heavy atom. The topological polar surface area (TPSA) is 77.0 Å². The zero-order valence-corrected chi connectivity index (χ0v) is 18.3. The SMILES string of the molecule is O=C(O)C1CN(Cc2ccc(N3CCN(c4cncc(C5CCCCC5)c4)C3=O)cc2)C1. The summed E-state index contributed by atoms with van der Waals surface area (Å²) >= 11 is 0. The van der Waals surface area contributed by atoms with Gasteiger partial charge in [-0.15, -0.1) is 0 Å². The molecule has 1 N–H and O–H groups in total. The van der Waals surface area contributed by atoms with E-state index in [0.717, 1.165) is 23.5 Å². The molecule has 2 saturated heterocycles. The van der Waals surface area contributed by atoms with E-state index in [1.165, 1.54) is 37.7 Å². The zero-order valence-electron chi connectivity index (χ0n) is 18.3. The molecule has 0 atom stereocenters. The molecule has 1 aromatic heterocycles. The Kier molecular flexibility index (Phi) is 5.83. The van der Waals surface area contributed by atoms with Gasteiger partial charge < -0.3 is 5.11 Å². The Morgan fingerprint density at radius 3 is 2.34 bits per heavy atom. The van der Waals surface area contributed by atoms with Crippen LogP contribution in [0.4, 0.5) is 16.2 Å². The lowest BCUT2D eigenvalue weighted by Crippen LogP contribution is -2.49. The van der Waals surface area contributed by atoms with E-state index in [-0.39, 0.29) is 11.9 Å². The largest absolute Gasteiger partial charge is 0.481 e. The van der Waals surface area contributed by atoms with Gasteiger partial charge in [-0.25, -0.2) is 4.79 Å². The van der Waals surface area contributed by atoms with Gasteiger partial charge in [0.15, 0.2) is 0 Å². The summed E-state index contributed by atoms with van der Waals surface area (Å²) in [6, 6.07) is 10.2. The first-order valence-corrected chi connectivity index (χ1v) is 11.7. The maximum absolute atomic E-state index is 13.2. The monoisotopic (exact) mass is 434 g/mol. The van der Waals surface area contributed by atoms with E-state index in [1.54, 1.807) is 6.20 Å². The van der Waals surface area contributed by atoms with Gasteiger partial charge in [-0.05, 0) is 48.1 Å². The second-order valence-electron chi connectivity index (χ2n) is 9.29. The lowest BCUT2D eigenvalue weighted by Gasteiger charge is -2.36. The summed E-state index contributed by atoms with van der Waals surface area (Å²) in [6.45, 7) is 3.25. The molecule has 2 amide bonds. The van der Waals surface area contributed by atoms with Crippen LogP contribution >= 0.6 is 0 Å². The highest BCUT2D eigenvalue weighted by Gasteiger charge is 2.33. The molecule has 1 saturated carbocycles. The third-order valence-corrected chi connectivity index (χ3v) is 7.10. The van der Waals surface area contributed by atoms with Crippen LogP contribution in [0.1, 0.15) is 49.1 Å². The van der Waals surface area contributed by atoms with Crippen LogP contribution in [0, 0.1) is 5.92 Å². The standard InChI is InChI=1S/C25H30N4O3/c30-24(31)21-16-27(17-21)15-18-6-8-22(9-7-18)28-10-11-29(25(28)32)23-12-20(13-26-14-23)19-4-2-1-3-5-19/h6-9,12-14,19,21H,1-5,10-11,15-17H2,(H,30,31). The fourth-order valence-corrected chi connectivity index (χ4v) is 5.16. The minimum Gasteiger partial charge on any atom is -0.481 e. The molecule has 1 aliphatic carbocycles. The Balaban J connectivity index is 1.22. The number of carbonyl (C=O) groups is 2. The minimum absolute atomic E-state index is 0.00705. The first-order chi connectivity index (χ1) is 15.6. The number of aliphatic carboxylic acids is 1. The quantitative estimate of drug-likeness (QED) is 0.741. The molecule has 7 heteroatoms. The number of benzene rings is 1. The van der Waals surface area contributed by atoms with Gasteiger partial charge in [-0.1, -0.05) is 31.4 Å². The molecular weight excluding hydrogens is 404 g/mol. The first kappa shape index (κ1) is 20.9. The number of hydrogen-bond donors (Lipinski definition) is 1. The number of likely N-dealkylation sites (tertiary alicyclic amines) is 1. The third-order valence-electron chi connectivity index (χ3n) is 7.10. The van der Waals surface area contributed by atoms with Gasteiger partial charge in [-0.2, -0.15) is 0 Å². The highest BCUT2D eigenvalue weighted by Crippen LogP contribution is 2.34. The Hall–Kier alpha value is -2.93. The van der Waals surface area contributed by atoms with Crippen LogP contribution < -0.4 is 9.80 Å². The second-order valence-corrected chi connectivity index (χ2v) is 9.29. The van der Waals surface area contributed by atoms with Crippen LogP contribution in [-0.2, 0) is 11.3 Å². The first-order valence-electron chi connectivity index (χ1n) is 11.7. The number of amides is 2. The molecule has 2 aliphatic heterocycles. The van der Waals surface area contributed by atoms with Crippen molar-refractivity contribution in [2.24, 2.45) is 5.92 Å². The van der Waals surface area contributed by atoms with Crippen molar-refractivity contribution < 1.29 is 14.7 Å². The number of carboxylic acid groups (broad SMARTS) is 1. The molecule has 0 spiro atoms. The maximum Gasteiger partial charge on any atom is 0.329 e. The van der Waals surface area contributed by atoms with Crippen molar-refractivity contribution in [1.29, 1.82) is 0 Å². The molecule has 2 aromatic rings. The maximum atomic E-state index is 13.2. The van der Waals surface area contributed by atoms with Gasteiger partial charge in [0.1, 0.15) is 0 Å². The summed E-state index contributed by atoms with van der Waals surface area (Å²) in [7, 11) is 0. The molecule has 3 heterocycles. The van der Waals surface area contributed by atoms with Crippen molar-refractivity contribution >= 4 is 23.4 Å². The fourth-order valence-electron chi connectivity index (χ4n) is 5.16. The summed E-state index contributed by atoms with van der Waals surface area (Å²) in [5.41, 5.74) is 4.17. The second kappa shape index (κ2) is 8.90. The van der Waals surface area contributed by atoms with Crippen molar-refractivity contribution in [3.63, 3.8) is 0 Å². The summed E-state index contributed by atoms with van der Waals surface area (Å²) in [4.78, 5) is 34.4. The Bertz CT molecular complexity index is 981. The fraction of sp³-hybridized carbons (Fsp3) is 0.480. The van der Waals surface area contributed by atoms with Gasteiger partial charge in [0.2, 0.25) is 0 Å². The van der Waals surface area contributed by atoms with E-state index >= 15 is 0 Å². The van der Waals surface area contributed by atoms with Gasteiger partial charge in [-0.3, -0.25) is 24.5 Å². The molecule has 5 rings (SSSR count). The summed E-state index contributed by atoms with van der Waals surface area (Å²) in [6.07, 6.45) is 10.1. The van der Waals surface area contributed by atoms with Gasteiger partial charge in [0, 0.05) is 44.6 Å². The summed E-state index contributed by atoms with van der Waals surface area (Å²) in [5.74, 6) is -0.392. The number of carboxylic acids is 1. The Morgan fingerprint density at radius 2 is 1.66 bits per heavy atom. The zero-order chi connectivity index (χ0) is 22.1. The molecule has 168 valence electrons. The molecule has 32 heavy (non-hydrogen) atoms. The van der Waals surface area contributed by atoms with E-state index in [4.69, 9.17) is 5.11 Å². The number of carbonyl (C=O) groups excluding carboxylic acids is 1. The van der Waals surface area contributed by atoms with Crippen LogP contribution in [0.25, 0.3) is 0 Å². The highest BCUT2D eigenvalue weighted by molar-refractivity contribution is 6.06. The van der Waals surface area contributed by atoms with Gasteiger partial charge >= 0.3 is 12.0 Å². The number of rotatable bonds is 6. The average molecular weight is 435 g/mol. The van der Waals surface area contributed by atoms with Gasteiger partial charge in [0.25, 0.3) is 0 Å². The van der Waals surface area contributed by atoms with E-state index in [1.807, 2.05) is 40.3 Å². The number of anilines is 2. The van der Waals surface area contributed by atoms with E-state index in [0.29, 0.717) is 32.1 Å². The van der Waals surface area contributed by atoms with Crippen LogP contribution in [0.5, 0.6) is 0 Å². The summed E-state index contributed by atoms with van der Waals surface area (Å²) in [5, 5.41) is 9.01.